The highest BCUT2D eigenvalue weighted by Gasteiger charge is 2.26. The van der Waals surface area contributed by atoms with Gasteiger partial charge in [0.15, 0.2) is 0 Å². The second-order valence-corrected chi connectivity index (χ2v) is 5.09. The summed E-state index contributed by atoms with van der Waals surface area (Å²) in [5, 5.41) is 9.79. The van der Waals surface area contributed by atoms with E-state index in [1.807, 2.05) is 0 Å². The van der Waals surface area contributed by atoms with Crippen molar-refractivity contribution in [1.29, 1.82) is 0 Å². The maximum atomic E-state index is 9.18. The van der Waals surface area contributed by atoms with E-state index in [0.29, 0.717) is 30.5 Å². The number of hydrogen-bond donors (Lipinski definition) is 3. The van der Waals surface area contributed by atoms with Crippen LogP contribution in [0.1, 0.15) is 12.6 Å². The number of halogens is 1. The minimum absolute atomic E-state index is 0.0226. The van der Waals surface area contributed by atoms with Crippen molar-refractivity contribution in [2.24, 2.45) is 5.84 Å². The Morgan fingerprint density at radius 3 is 3.11 bits per heavy atom. The molecule has 1 aliphatic rings. The number of aromatic nitrogens is 1. The molecule has 1 aliphatic heterocycles. The van der Waals surface area contributed by atoms with Crippen LogP contribution in [0.4, 0.5) is 5.82 Å². The molecule has 1 aromatic rings. The van der Waals surface area contributed by atoms with E-state index in [9.17, 15) is 5.11 Å². The highest BCUT2D eigenvalue weighted by atomic mass is 35.5. The number of hydrazine groups is 1. The Morgan fingerprint density at radius 1 is 1.63 bits per heavy atom. The molecule has 0 spiro atoms. The van der Waals surface area contributed by atoms with E-state index in [1.165, 1.54) is 0 Å². The largest absolute Gasteiger partial charge is 0.394 e. The molecule has 19 heavy (non-hydrogen) atoms. The van der Waals surface area contributed by atoms with Crippen molar-refractivity contribution in [2.75, 3.05) is 25.2 Å². The SMILES string of the molecule is CC1COC(CO)CN1Cc1nc(NN)ccc1Cl. The summed E-state index contributed by atoms with van der Waals surface area (Å²) in [5.41, 5.74) is 3.28. The van der Waals surface area contributed by atoms with Crippen LogP contribution in [0.2, 0.25) is 5.02 Å². The van der Waals surface area contributed by atoms with Crippen molar-refractivity contribution in [3.63, 3.8) is 0 Å². The van der Waals surface area contributed by atoms with Gasteiger partial charge in [-0.2, -0.15) is 0 Å². The maximum absolute atomic E-state index is 9.18. The third-order valence-electron chi connectivity index (χ3n) is 3.26. The van der Waals surface area contributed by atoms with E-state index in [-0.39, 0.29) is 18.8 Å². The van der Waals surface area contributed by atoms with Gasteiger partial charge in [0, 0.05) is 19.1 Å². The normalized spacial score (nSPS) is 24.4. The number of nitrogens with two attached hydrogens (primary N) is 1. The van der Waals surface area contributed by atoms with Crippen LogP contribution in [0.25, 0.3) is 0 Å². The molecule has 7 heteroatoms. The fourth-order valence-corrected chi connectivity index (χ4v) is 2.24. The molecule has 2 heterocycles. The lowest BCUT2D eigenvalue weighted by Gasteiger charge is -2.37. The number of hydrogen-bond acceptors (Lipinski definition) is 6. The second-order valence-electron chi connectivity index (χ2n) is 4.69. The zero-order chi connectivity index (χ0) is 13.8. The first kappa shape index (κ1) is 14.5. The van der Waals surface area contributed by atoms with Crippen molar-refractivity contribution in [2.45, 2.75) is 25.6 Å². The molecule has 0 aliphatic carbocycles. The van der Waals surface area contributed by atoms with Gasteiger partial charge in [0.2, 0.25) is 0 Å². The minimum Gasteiger partial charge on any atom is -0.394 e. The number of aliphatic hydroxyl groups excluding tert-OH is 1. The van der Waals surface area contributed by atoms with Gasteiger partial charge < -0.3 is 15.3 Å². The van der Waals surface area contributed by atoms with E-state index >= 15 is 0 Å². The molecule has 1 saturated heterocycles. The molecule has 0 radical (unpaired) electrons. The van der Waals surface area contributed by atoms with E-state index in [2.05, 4.69) is 22.2 Å². The van der Waals surface area contributed by atoms with E-state index in [1.54, 1.807) is 12.1 Å². The lowest BCUT2D eigenvalue weighted by atomic mass is 10.2. The predicted molar refractivity (Wildman–Crippen MR) is 73.8 cm³/mol. The van der Waals surface area contributed by atoms with Gasteiger partial charge in [-0.15, -0.1) is 0 Å². The standard InChI is InChI=1S/C12H19ClN4O2/c1-8-7-19-9(6-18)4-17(8)5-11-10(13)2-3-12(15-11)16-14/h2-3,8-9,18H,4-7,14H2,1H3,(H,15,16). The van der Waals surface area contributed by atoms with E-state index < -0.39 is 0 Å². The number of nitrogen functional groups attached to an aromatic ring is 1. The number of aliphatic hydroxyl groups is 1. The van der Waals surface area contributed by atoms with Gasteiger partial charge in [-0.25, -0.2) is 10.8 Å². The van der Waals surface area contributed by atoms with Crippen LogP contribution in [-0.4, -0.2) is 46.9 Å². The van der Waals surface area contributed by atoms with Gasteiger partial charge in [0.05, 0.1) is 30.0 Å². The third-order valence-corrected chi connectivity index (χ3v) is 3.60. The summed E-state index contributed by atoms with van der Waals surface area (Å²) in [4.78, 5) is 6.55. The molecule has 2 unspecified atom stereocenters. The Hall–Kier alpha value is -0.920. The number of rotatable bonds is 4. The number of nitrogens with zero attached hydrogens (tertiary/aromatic N) is 2. The quantitative estimate of drug-likeness (QED) is 0.555. The smallest absolute Gasteiger partial charge is 0.140 e. The summed E-state index contributed by atoms with van der Waals surface area (Å²) in [5.74, 6) is 5.93. The van der Waals surface area contributed by atoms with Crippen molar-refractivity contribution < 1.29 is 9.84 Å². The Bertz CT molecular complexity index is 432. The number of anilines is 1. The van der Waals surface area contributed by atoms with Gasteiger partial charge in [0.25, 0.3) is 0 Å². The molecule has 0 aromatic carbocycles. The van der Waals surface area contributed by atoms with Crippen molar-refractivity contribution in [1.82, 2.24) is 9.88 Å². The highest BCUT2D eigenvalue weighted by Crippen LogP contribution is 2.21. The van der Waals surface area contributed by atoms with Gasteiger partial charge >= 0.3 is 0 Å². The molecular formula is C12H19ClN4O2. The molecule has 6 nitrogen and oxygen atoms in total. The fraction of sp³-hybridized carbons (Fsp3) is 0.583. The number of morpholine rings is 1. The Morgan fingerprint density at radius 2 is 2.42 bits per heavy atom. The summed E-state index contributed by atoms with van der Waals surface area (Å²) in [6.07, 6.45) is -0.147. The lowest BCUT2D eigenvalue weighted by molar-refractivity contribution is -0.0808. The molecule has 4 N–H and O–H groups in total. The van der Waals surface area contributed by atoms with Crippen LogP contribution < -0.4 is 11.3 Å². The Balaban J connectivity index is 2.10. The number of ether oxygens (including phenoxy) is 1. The molecule has 1 fully saturated rings. The van der Waals surface area contributed by atoms with Gasteiger partial charge in [-0.3, -0.25) is 4.90 Å². The monoisotopic (exact) mass is 286 g/mol. The molecule has 0 bridgehead atoms. The molecule has 2 rings (SSSR count). The molecule has 0 amide bonds. The summed E-state index contributed by atoms with van der Waals surface area (Å²) in [6.45, 7) is 3.96. The predicted octanol–water partition coefficient (Wildman–Crippen LogP) is 0.602. The first-order valence-electron chi connectivity index (χ1n) is 6.22. The zero-order valence-corrected chi connectivity index (χ0v) is 11.6. The topological polar surface area (TPSA) is 83.6 Å². The van der Waals surface area contributed by atoms with Gasteiger partial charge in [-0.05, 0) is 19.1 Å². The van der Waals surface area contributed by atoms with Crippen molar-refractivity contribution >= 4 is 17.4 Å². The maximum Gasteiger partial charge on any atom is 0.140 e. The second kappa shape index (κ2) is 6.49. The van der Waals surface area contributed by atoms with Crippen LogP contribution in [0.15, 0.2) is 12.1 Å². The van der Waals surface area contributed by atoms with Crippen LogP contribution in [0.5, 0.6) is 0 Å². The number of nitrogens with one attached hydrogen (secondary N) is 1. The van der Waals surface area contributed by atoms with Crippen LogP contribution in [-0.2, 0) is 11.3 Å². The van der Waals surface area contributed by atoms with E-state index in [4.69, 9.17) is 22.2 Å². The Labute approximate surface area is 117 Å². The summed E-state index contributed by atoms with van der Waals surface area (Å²) >= 11 is 6.15. The minimum atomic E-state index is -0.147. The molecular weight excluding hydrogens is 268 g/mol. The molecule has 0 saturated carbocycles. The fourth-order valence-electron chi connectivity index (χ4n) is 2.07. The highest BCUT2D eigenvalue weighted by molar-refractivity contribution is 6.31. The molecule has 2 atom stereocenters. The van der Waals surface area contributed by atoms with Gasteiger partial charge in [-0.1, -0.05) is 11.6 Å². The van der Waals surface area contributed by atoms with Crippen LogP contribution in [0, 0.1) is 0 Å². The summed E-state index contributed by atoms with van der Waals surface area (Å²) < 4.78 is 5.51. The van der Waals surface area contributed by atoms with Crippen molar-refractivity contribution in [3.05, 3.63) is 22.8 Å². The Kier molecular flexibility index (Phi) is 4.95. The summed E-state index contributed by atoms with van der Waals surface area (Å²) in [7, 11) is 0. The van der Waals surface area contributed by atoms with Crippen LogP contribution >= 0.6 is 11.6 Å². The number of pyridine rings is 1. The van der Waals surface area contributed by atoms with Gasteiger partial charge in [0.1, 0.15) is 5.82 Å². The first-order valence-corrected chi connectivity index (χ1v) is 6.60. The third kappa shape index (κ3) is 3.55. The first-order chi connectivity index (χ1) is 9.13. The average molecular weight is 287 g/mol. The lowest BCUT2D eigenvalue weighted by Crippen LogP contribution is -2.49. The zero-order valence-electron chi connectivity index (χ0n) is 10.8. The molecule has 1 aromatic heterocycles. The summed E-state index contributed by atoms with van der Waals surface area (Å²) in [6, 6.07) is 3.76. The average Bonchev–Trinajstić information content (AvgIpc) is 2.43. The van der Waals surface area contributed by atoms with Crippen LogP contribution in [0.3, 0.4) is 0 Å². The molecule has 106 valence electrons. The van der Waals surface area contributed by atoms with Crippen molar-refractivity contribution in [3.8, 4) is 0 Å². The van der Waals surface area contributed by atoms with E-state index in [0.717, 1.165) is 5.69 Å².